The van der Waals surface area contributed by atoms with Gasteiger partial charge in [0.05, 0.1) is 12.2 Å². The zero-order chi connectivity index (χ0) is 10.7. The first-order chi connectivity index (χ1) is 6.56. The van der Waals surface area contributed by atoms with Crippen LogP contribution in [0.25, 0.3) is 0 Å². The molecule has 0 radical (unpaired) electrons. The lowest BCUT2D eigenvalue weighted by Gasteiger charge is -2.07. The molecule has 1 aromatic rings. The molecule has 0 aliphatic heterocycles. The molecule has 0 aliphatic carbocycles. The molecule has 1 N–H and O–H groups in total. The van der Waals surface area contributed by atoms with Crippen LogP contribution in [0.3, 0.4) is 0 Å². The number of hydrogen-bond acceptors (Lipinski definition) is 2. The summed E-state index contributed by atoms with van der Waals surface area (Å²) in [7, 11) is 0. The molecule has 76 valence electrons. The van der Waals surface area contributed by atoms with Crippen molar-refractivity contribution < 1.29 is 19.0 Å². The Morgan fingerprint density at radius 1 is 1.57 bits per heavy atom. The van der Waals surface area contributed by atoms with Crippen LogP contribution in [-0.4, -0.2) is 17.7 Å². The Bertz CT molecular complexity index is 361. The highest BCUT2D eigenvalue weighted by molar-refractivity contribution is 5.89. The van der Waals surface area contributed by atoms with Crippen LogP contribution in [0, 0.1) is 12.7 Å². The number of carbonyl (C=O) groups is 1. The highest BCUT2D eigenvalue weighted by Crippen LogP contribution is 2.22. The van der Waals surface area contributed by atoms with E-state index in [0.29, 0.717) is 12.2 Å². The number of aromatic carboxylic acids is 1. The maximum Gasteiger partial charge on any atom is 0.336 e. The van der Waals surface area contributed by atoms with Gasteiger partial charge in [0.25, 0.3) is 0 Å². The number of rotatable bonds is 3. The quantitative estimate of drug-likeness (QED) is 0.810. The van der Waals surface area contributed by atoms with Crippen LogP contribution in [0.4, 0.5) is 4.39 Å². The van der Waals surface area contributed by atoms with E-state index >= 15 is 0 Å². The van der Waals surface area contributed by atoms with Crippen molar-refractivity contribution in [2.24, 2.45) is 0 Å². The summed E-state index contributed by atoms with van der Waals surface area (Å²) in [6.07, 6.45) is 0. The van der Waals surface area contributed by atoms with Crippen molar-refractivity contribution >= 4 is 5.97 Å². The SMILES string of the molecule is CCOc1cc(C)c(C(=O)O)cc1F. The van der Waals surface area contributed by atoms with Crippen molar-refractivity contribution in [3.8, 4) is 5.75 Å². The summed E-state index contributed by atoms with van der Waals surface area (Å²) < 4.78 is 18.2. The summed E-state index contributed by atoms with van der Waals surface area (Å²) >= 11 is 0. The average molecular weight is 198 g/mol. The van der Waals surface area contributed by atoms with E-state index in [2.05, 4.69) is 0 Å². The zero-order valence-electron chi connectivity index (χ0n) is 8.00. The number of benzene rings is 1. The fourth-order valence-corrected chi connectivity index (χ4v) is 1.15. The van der Waals surface area contributed by atoms with E-state index in [1.165, 1.54) is 6.07 Å². The third-order valence-corrected chi connectivity index (χ3v) is 1.81. The minimum atomic E-state index is -1.13. The van der Waals surface area contributed by atoms with Crippen LogP contribution < -0.4 is 4.74 Å². The minimum absolute atomic E-state index is 0.0362. The Morgan fingerprint density at radius 2 is 2.21 bits per heavy atom. The van der Waals surface area contributed by atoms with E-state index in [1.807, 2.05) is 0 Å². The number of aryl methyl sites for hydroxylation is 1. The summed E-state index contributed by atoms with van der Waals surface area (Å²) in [5, 5.41) is 8.70. The Kier molecular flexibility index (Phi) is 3.06. The van der Waals surface area contributed by atoms with Crippen molar-refractivity contribution in [1.82, 2.24) is 0 Å². The van der Waals surface area contributed by atoms with Gasteiger partial charge in [-0.05, 0) is 31.5 Å². The molecule has 0 saturated heterocycles. The van der Waals surface area contributed by atoms with E-state index in [-0.39, 0.29) is 11.3 Å². The van der Waals surface area contributed by atoms with Crippen LogP contribution in [-0.2, 0) is 0 Å². The zero-order valence-corrected chi connectivity index (χ0v) is 8.00. The molecule has 1 rings (SSSR count). The maximum atomic E-state index is 13.2. The van der Waals surface area contributed by atoms with Crippen molar-refractivity contribution in [2.45, 2.75) is 13.8 Å². The van der Waals surface area contributed by atoms with Gasteiger partial charge in [0.1, 0.15) is 0 Å². The fraction of sp³-hybridized carbons (Fsp3) is 0.300. The molecule has 0 bridgehead atoms. The first-order valence-electron chi connectivity index (χ1n) is 4.22. The predicted octanol–water partition coefficient (Wildman–Crippen LogP) is 2.23. The molecule has 3 nitrogen and oxygen atoms in total. The van der Waals surface area contributed by atoms with E-state index < -0.39 is 11.8 Å². The summed E-state index contributed by atoms with van der Waals surface area (Å²) in [6.45, 7) is 3.69. The van der Waals surface area contributed by atoms with Gasteiger partial charge in [-0.25, -0.2) is 9.18 Å². The summed E-state index contributed by atoms with van der Waals surface area (Å²) in [5.74, 6) is -1.69. The Morgan fingerprint density at radius 3 is 2.71 bits per heavy atom. The van der Waals surface area contributed by atoms with Gasteiger partial charge < -0.3 is 9.84 Å². The van der Waals surface area contributed by atoms with E-state index in [0.717, 1.165) is 6.07 Å². The number of carboxylic acid groups (broad SMARTS) is 1. The average Bonchev–Trinajstić information content (AvgIpc) is 2.10. The van der Waals surface area contributed by atoms with Crippen molar-refractivity contribution in [2.75, 3.05) is 6.61 Å². The lowest BCUT2D eigenvalue weighted by atomic mass is 10.1. The third kappa shape index (κ3) is 2.02. The summed E-state index contributed by atoms with van der Waals surface area (Å²) in [6, 6.07) is 2.37. The predicted molar refractivity (Wildman–Crippen MR) is 49.3 cm³/mol. The largest absolute Gasteiger partial charge is 0.491 e. The summed E-state index contributed by atoms with van der Waals surface area (Å²) in [4.78, 5) is 10.6. The molecule has 0 atom stereocenters. The topological polar surface area (TPSA) is 46.5 Å². The van der Waals surface area contributed by atoms with E-state index in [9.17, 15) is 9.18 Å². The highest BCUT2D eigenvalue weighted by Gasteiger charge is 2.12. The van der Waals surface area contributed by atoms with Gasteiger partial charge in [0.2, 0.25) is 0 Å². The lowest BCUT2D eigenvalue weighted by molar-refractivity contribution is 0.0695. The minimum Gasteiger partial charge on any atom is -0.491 e. The van der Waals surface area contributed by atoms with Crippen LogP contribution in [0.5, 0.6) is 5.75 Å². The number of ether oxygens (including phenoxy) is 1. The Balaban J connectivity index is 3.17. The van der Waals surface area contributed by atoms with Gasteiger partial charge in [-0.1, -0.05) is 0 Å². The Labute approximate surface area is 81.1 Å². The molecule has 0 saturated carbocycles. The summed E-state index contributed by atoms with van der Waals surface area (Å²) in [5.41, 5.74) is 0.452. The molecule has 0 unspecified atom stereocenters. The van der Waals surface area contributed by atoms with Crippen molar-refractivity contribution in [1.29, 1.82) is 0 Å². The maximum absolute atomic E-state index is 13.2. The normalized spacial score (nSPS) is 9.93. The van der Waals surface area contributed by atoms with E-state index in [1.54, 1.807) is 13.8 Å². The van der Waals surface area contributed by atoms with Crippen molar-refractivity contribution in [3.05, 3.63) is 29.1 Å². The lowest BCUT2D eigenvalue weighted by Crippen LogP contribution is -2.03. The van der Waals surface area contributed by atoms with Crippen LogP contribution in [0.1, 0.15) is 22.8 Å². The number of hydrogen-bond donors (Lipinski definition) is 1. The van der Waals surface area contributed by atoms with E-state index in [4.69, 9.17) is 9.84 Å². The molecule has 0 aliphatic rings. The molecule has 0 heterocycles. The van der Waals surface area contributed by atoms with Gasteiger partial charge in [-0.15, -0.1) is 0 Å². The van der Waals surface area contributed by atoms with Gasteiger partial charge in [-0.3, -0.25) is 0 Å². The van der Waals surface area contributed by atoms with Crippen LogP contribution >= 0.6 is 0 Å². The number of carboxylic acids is 1. The van der Waals surface area contributed by atoms with Crippen LogP contribution in [0.2, 0.25) is 0 Å². The Hall–Kier alpha value is -1.58. The molecule has 14 heavy (non-hydrogen) atoms. The van der Waals surface area contributed by atoms with Crippen LogP contribution in [0.15, 0.2) is 12.1 Å². The molecule has 0 fully saturated rings. The second-order valence-electron chi connectivity index (χ2n) is 2.84. The molecular weight excluding hydrogens is 187 g/mol. The van der Waals surface area contributed by atoms with Gasteiger partial charge >= 0.3 is 5.97 Å². The first kappa shape index (κ1) is 10.5. The standard InChI is InChI=1S/C10H11FO3/c1-3-14-9-4-6(2)7(10(12)13)5-8(9)11/h4-5H,3H2,1-2H3,(H,12,13). The third-order valence-electron chi connectivity index (χ3n) is 1.81. The second-order valence-corrected chi connectivity index (χ2v) is 2.84. The molecule has 0 spiro atoms. The number of halogens is 1. The fourth-order valence-electron chi connectivity index (χ4n) is 1.15. The highest BCUT2D eigenvalue weighted by atomic mass is 19.1. The monoisotopic (exact) mass is 198 g/mol. The van der Waals surface area contributed by atoms with Crippen molar-refractivity contribution in [3.63, 3.8) is 0 Å². The molecule has 4 heteroatoms. The smallest absolute Gasteiger partial charge is 0.336 e. The molecule has 1 aromatic carbocycles. The molecule has 0 aromatic heterocycles. The first-order valence-corrected chi connectivity index (χ1v) is 4.22. The van der Waals surface area contributed by atoms with Gasteiger partial charge in [0, 0.05) is 0 Å². The second kappa shape index (κ2) is 4.09. The van der Waals surface area contributed by atoms with Gasteiger partial charge in [-0.2, -0.15) is 0 Å². The van der Waals surface area contributed by atoms with Gasteiger partial charge in [0.15, 0.2) is 11.6 Å². The molecule has 0 amide bonds. The molecular formula is C10H11FO3.